The average Bonchev–Trinajstić information content (AvgIpc) is 2.82. The van der Waals surface area contributed by atoms with Crippen molar-refractivity contribution in [2.45, 2.75) is 40.2 Å². The second-order valence-corrected chi connectivity index (χ2v) is 8.35. The summed E-state index contributed by atoms with van der Waals surface area (Å²) in [6, 6.07) is 25.4. The first-order valence-electron chi connectivity index (χ1n) is 11.3. The molecule has 4 aromatic rings. The lowest BCUT2D eigenvalue weighted by Crippen LogP contribution is -2.06. The highest BCUT2D eigenvalue weighted by Gasteiger charge is 2.15. The zero-order chi connectivity index (χ0) is 23.4. The summed E-state index contributed by atoms with van der Waals surface area (Å²) in [5.74, 6) is 0.549. The van der Waals surface area contributed by atoms with Gasteiger partial charge in [-0.25, -0.2) is 9.98 Å². The summed E-state index contributed by atoms with van der Waals surface area (Å²) >= 11 is 0. The average molecular weight is 437 g/mol. The van der Waals surface area contributed by atoms with Crippen LogP contribution in [0.2, 0.25) is 0 Å². The van der Waals surface area contributed by atoms with Crippen molar-refractivity contribution in [1.82, 2.24) is 4.98 Å². The maximum atomic E-state index is 13.4. The molecule has 33 heavy (non-hydrogen) atoms. The number of aliphatic imine (C=N–C) groups is 1. The molecule has 0 aliphatic heterocycles. The second kappa shape index (κ2) is 9.78. The van der Waals surface area contributed by atoms with Gasteiger partial charge in [0.05, 0.1) is 28.6 Å². The number of amides is 1. The number of carbonyl (C=O) groups is 1. The van der Waals surface area contributed by atoms with Crippen molar-refractivity contribution in [1.29, 1.82) is 0 Å². The van der Waals surface area contributed by atoms with E-state index in [2.05, 4.69) is 4.99 Å². The number of hydrogen-bond acceptors (Lipinski definition) is 3. The Morgan fingerprint density at radius 3 is 2.33 bits per heavy atom. The molecule has 1 amide bonds. The number of fused-ring (bicyclic) bond motifs is 1. The van der Waals surface area contributed by atoms with E-state index in [1.54, 1.807) is 0 Å². The van der Waals surface area contributed by atoms with Gasteiger partial charge in [-0.2, -0.15) is 0 Å². The number of ether oxygens (including phenoxy) is 1. The van der Waals surface area contributed by atoms with E-state index in [-0.39, 0.29) is 12.0 Å². The summed E-state index contributed by atoms with van der Waals surface area (Å²) in [4.78, 5) is 22.7. The first kappa shape index (κ1) is 22.4. The fourth-order valence-corrected chi connectivity index (χ4v) is 3.75. The molecule has 166 valence electrons. The maximum Gasteiger partial charge on any atom is 0.278 e. The number of hydrogen-bond donors (Lipinski definition) is 0. The monoisotopic (exact) mass is 436 g/mol. The van der Waals surface area contributed by atoms with Crippen molar-refractivity contribution < 1.29 is 9.53 Å². The van der Waals surface area contributed by atoms with Gasteiger partial charge in [0.1, 0.15) is 5.75 Å². The highest BCUT2D eigenvalue weighted by Crippen LogP contribution is 2.27. The zero-order valence-corrected chi connectivity index (χ0v) is 19.5. The number of benzene rings is 3. The van der Waals surface area contributed by atoms with Crippen LogP contribution in [0.25, 0.3) is 22.2 Å². The van der Waals surface area contributed by atoms with Crippen molar-refractivity contribution in [3.05, 3.63) is 95.6 Å². The summed E-state index contributed by atoms with van der Waals surface area (Å²) in [6.45, 7) is 8.06. The largest absolute Gasteiger partial charge is 0.491 e. The summed E-state index contributed by atoms with van der Waals surface area (Å²) in [7, 11) is 0. The Balaban J connectivity index is 1.76. The van der Waals surface area contributed by atoms with E-state index in [4.69, 9.17) is 9.72 Å². The molecule has 4 nitrogen and oxygen atoms in total. The lowest BCUT2D eigenvalue weighted by molar-refractivity contribution is 0.100. The van der Waals surface area contributed by atoms with E-state index >= 15 is 0 Å². The molecule has 4 heteroatoms. The normalized spacial score (nSPS) is 11.7. The second-order valence-electron chi connectivity index (χ2n) is 8.35. The van der Waals surface area contributed by atoms with Crippen LogP contribution in [-0.4, -0.2) is 22.7 Å². The topological polar surface area (TPSA) is 51.5 Å². The Kier molecular flexibility index (Phi) is 6.64. The summed E-state index contributed by atoms with van der Waals surface area (Å²) in [5, 5.41) is 0.800. The van der Waals surface area contributed by atoms with E-state index < -0.39 is 0 Å². The SMILES string of the molecule is CCC(=NC(=O)c1cc(-c2ccc(OC(C)C)cc2)nc2ccccc12)c1ccc(C)cc1. The molecule has 0 aliphatic rings. The lowest BCUT2D eigenvalue weighted by Gasteiger charge is -2.11. The van der Waals surface area contributed by atoms with E-state index in [9.17, 15) is 4.79 Å². The molecule has 0 N–H and O–H groups in total. The van der Waals surface area contributed by atoms with Crippen molar-refractivity contribution >= 4 is 22.5 Å². The third-order valence-electron chi connectivity index (χ3n) is 5.42. The number of pyridine rings is 1. The zero-order valence-electron chi connectivity index (χ0n) is 19.5. The van der Waals surface area contributed by atoms with Gasteiger partial charge in [-0.1, -0.05) is 55.0 Å². The van der Waals surface area contributed by atoms with Crippen LogP contribution >= 0.6 is 0 Å². The molecule has 0 saturated heterocycles. The van der Waals surface area contributed by atoms with Gasteiger partial charge in [0.2, 0.25) is 0 Å². The van der Waals surface area contributed by atoms with Crippen LogP contribution in [0.3, 0.4) is 0 Å². The summed E-state index contributed by atoms with van der Waals surface area (Å²) in [5.41, 5.74) is 5.89. The van der Waals surface area contributed by atoms with Crippen LogP contribution in [0.5, 0.6) is 5.75 Å². The third kappa shape index (κ3) is 5.17. The minimum absolute atomic E-state index is 0.109. The summed E-state index contributed by atoms with van der Waals surface area (Å²) in [6.07, 6.45) is 0.778. The highest BCUT2D eigenvalue weighted by molar-refractivity contribution is 6.14. The molecule has 1 aromatic heterocycles. The van der Waals surface area contributed by atoms with E-state index in [1.807, 2.05) is 107 Å². The van der Waals surface area contributed by atoms with E-state index in [0.717, 1.165) is 39.2 Å². The molecular weight excluding hydrogens is 408 g/mol. The standard InChI is InChI=1S/C29H28N2O2/c1-5-26(21-12-10-20(4)11-13-21)31-29(32)25-18-28(30-27-9-7-6-8-24(25)27)22-14-16-23(17-15-22)33-19(2)3/h6-19H,5H2,1-4H3. The lowest BCUT2D eigenvalue weighted by atomic mass is 10.0. The fraction of sp³-hybridized carbons (Fsp3) is 0.207. The van der Waals surface area contributed by atoms with Gasteiger partial charge in [0.15, 0.2) is 0 Å². The first-order chi connectivity index (χ1) is 15.9. The van der Waals surface area contributed by atoms with Crippen molar-refractivity contribution in [3.63, 3.8) is 0 Å². The third-order valence-corrected chi connectivity index (χ3v) is 5.42. The van der Waals surface area contributed by atoms with Gasteiger partial charge >= 0.3 is 0 Å². The minimum atomic E-state index is -0.257. The van der Waals surface area contributed by atoms with Crippen LogP contribution in [-0.2, 0) is 0 Å². The number of aromatic nitrogens is 1. The number of nitrogens with zero attached hydrogens (tertiary/aromatic N) is 2. The van der Waals surface area contributed by atoms with E-state index in [1.165, 1.54) is 5.56 Å². The molecule has 1 heterocycles. The Morgan fingerprint density at radius 2 is 1.67 bits per heavy atom. The number of carbonyl (C=O) groups excluding carboxylic acids is 1. The van der Waals surface area contributed by atoms with Gasteiger partial charge in [0, 0.05) is 10.9 Å². The van der Waals surface area contributed by atoms with Crippen LogP contribution in [0.1, 0.15) is 48.7 Å². The molecule has 3 aromatic carbocycles. The molecule has 0 atom stereocenters. The van der Waals surface area contributed by atoms with Gasteiger partial charge in [-0.15, -0.1) is 0 Å². The van der Waals surface area contributed by atoms with Gasteiger partial charge in [-0.3, -0.25) is 4.79 Å². The van der Waals surface area contributed by atoms with Crippen LogP contribution in [0.4, 0.5) is 0 Å². The van der Waals surface area contributed by atoms with E-state index in [0.29, 0.717) is 12.0 Å². The smallest absolute Gasteiger partial charge is 0.278 e. The molecule has 0 spiro atoms. The predicted octanol–water partition coefficient (Wildman–Crippen LogP) is 7.04. The molecule has 0 fully saturated rings. The van der Waals surface area contributed by atoms with Crippen molar-refractivity contribution in [2.75, 3.05) is 0 Å². The van der Waals surface area contributed by atoms with Crippen molar-refractivity contribution in [3.8, 4) is 17.0 Å². The Bertz CT molecular complexity index is 1300. The Hall–Kier alpha value is -3.79. The number of para-hydroxylation sites is 1. The molecule has 0 bridgehead atoms. The fourth-order valence-electron chi connectivity index (χ4n) is 3.75. The highest BCUT2D eigenvalue weighted by atomic mass is 16.5. The van der Waals surface area contributed by atoms with Gasteiger partial charge < -0.3 is 4.74 Å². The van der Waals surface area contributed by atoms with Gasteiger partial charge in [-0.05, 0) is 69.2 Å². The number of aryl methyl sites for hydroxylation is 1. The van der Waals surface area contributed by atoms with Crippen LogP contribution in [0, 0.1) is 6.92 Å². The van der Waals surface area contributed by atoms with Crippen molar-refractivity contribution in [2.24, 2.45) is 4.99 Å². The molecule has 0 radical (unpaired) electrons. The quantitative estimate of drug-likeness (QED) is 0.305. The summed E-state index contributed by atoms with van der Waals surface area (Å²) < 4.78 is 5.75. The van der Waals surface area contributed by atoms with Crippen LogP contribution < -0.4 is 4.74 Å². The molecular formula is C29H28N2O2. The Morgan fingerprint density at radius 1 is 0.970 bits per heavy atom. The maximum absolute atomic E-state index is 13.4. The predicted molar refractivity (Wildman–Crippen MR) is 135 cm³/mol. The Labute approximate surface area is 195 Å². The molecule has 0 unspecified atom stereocenters. The number of rotatable bonds is 6. The molecule has 0 aliphatic carbocycles. The first-order valence-corrected chi connectivity index (χ1v) is 11.3. The van der Waals surface area contributed by atoms with Crippen LogP contribution in [0.15, 0.2) is 83.9 Å². The molecule has 0 saturated carbocycles. The molecule has 4 rings (SSSR count). The van der Waals surface area contributed by atoms with Gasteiger partial charge in [0.25, 0.3) is 5.91 Å². The minimum Gasteiger partial charge on any atom is -0.491 e.